The minimum atomic E-state index is -0.857. The highest BCUT2D eigenvalue weighted by Crippen LogP contribution is 2.29. The maximum absolute atomic E-state index is 13.3. The third-order valence-corrected chi connectivity index (χ3v) is 9.21. The second-order valence-electron chi connectivity index (χ2n) is 13.3. The molecule has 0 bridgehead atoms. The molecule has 1 aromatic carbocycles. The zero-order valence-corrected chi connectivity index (χ0v) is 28.7. The van der Waals surface area contributed by atoms with Crippen LogP contribution in [0.5, 0.6) is 0 Å². The summed E-state index contributed by atoms with van der Waals surface area (Å²) in [7, 11) is 0. The van der Waals surface area contributed by atoms with E-state index in [1.807, 2.05) is 85.9 Å². The lowest BCUT2D eigenvalue weighted by atomic mass is 9.82. The van der Waals surface area contributed by atoms with Crippen LogP contribution in [0.15, 0.2) is 66.5 Å². The molecular weight excluding hydrogens is 592 g/mol. The molecule has 0 amide bonds. The van der Waals surface area contributed by atoms with Crippen LogP contribution in [0.3, 0.4) is 0 Å². The molecule has 0 radical (unpaired) electrons. The van der Waals surface area contributed by atoms with Crippen molar-refractivity contribution in [1.29, 1.82) is 0 Å². The molecule has 47 heavy (non-hydrogen) atoms. The van der Waals surface area contributed by atoms with E-state index < -0.39 is 18.2 Å². The van der Waals surface area contributed by atoms with Gasteiger partial charge < -0.3 is 9.84 Å². The van der Waals surface area contributed by atoms with E-state index in [2.05, 4.69) is 33.6 Å². The number of ketones is 1. The summed E-state index contributed by atoms with van der Waals surface area (Å²) in [5, 5.41) is 28.5. The summed E-state index contributed by atoms with van der Waals surface area (Å²) in [6.45, 7) is 11.2. The molecule has 0 saturated carbocycles. The van der Waals surface area contributed by atoms with Crippen LogP contribution in [0, 0.1) is 23.7 Å². The van der Waals surface area contributed by atoms with Gasteiger partial charge in [-0.05, 0) is 63.4 Å². The first-order valence-corrected chi connectivity index (χ1v) is 17.3. The lowest BCUT2D eigenvalue weighted by molar-refractivity contribution is -0.154. The Balaban J connectivity index is 1.51. The molecule has 2 aromatic heterocycles. The number of aryl methyl sites for hydroxylation is 2. The van der Waals surface area contributed by atoms with Crippen molar-refractivity contribution in [3.63, 3.8) is 0 Å². The number of unbranched alkanes of at least 4 members (excludes halogenated alkanes) is 1. The SMILES string of the molecule is CCCCc1cn(C[C@H]2/C=C(C)/C=C/C(=O)[C@H](C)C[C@H](CCn3cc(-c4ccccc4)nn3)C[C@@H](C)[C@H](O)CC(=O)O[C@@H]2CC)nn1. The van der Waals surface area contributed by atoms with Crippen LogP contribution in [-0.4, -0.2) is 59.1 Å². The van der Waals surface area contributed by atoms with Gasteiger partial charge in [-0.2, -0.15) is 0 Å². The summed E-state index contributed by atoms with van der Waals surface area (Å²) in [4.78, 5) is 26.5. The fourth-order valence-corrected chi connectivity index (χ4v) is 6.32. The maximum atomic E-state index is 13.3. The quantitative estimate of drug-likeness (QED) is 0.251. The van der Waals surface area contributed by atoms with Crippen LogP contribution in [0.4, 0.5) is 0 Å². The Bertz CT molecular complexity index is 1480. The number of aromatic nitrogens is 6. The van der Waals surface area contributed by atoms with Crippen LogP contribution in [0.1, 0.15) is 85.3 Å². The standard InChI is InChI=1S/C37H52N6O4/c1-6-8-14-32-24-43(40-38-32)23-31-19-26(3)15-16-34(44)27(4)20-29(21-28(5)35(45)22-37(46)47-36(31)7-2)17-18-42-25-33(39-41-42)30-12-10-9-11-13-30/h9-13,15-16,19,24-25,27-29,31,35-36,45H,6-8,14,17-18,20-23H2,1-5H3/b16-15+,26-19+/t27-,28-,29+,31-,35-,36-/m1/s1. The van der Waals surface area contributed by atoms with E-state index in [9.17, 15) is 14.7 Å². The zero-order valence-electron chi connectivity index (χ0n) is 28.7. The fraction of sp³-hybridized carbons (Fsp3) is 0.568. The van der Waals surface area contributed by atoms with Crippen molar-refractivity contribution < 1.29 is 19.4 Å². The van der Waals surface area contributed by atoms with Crippen molar-refractivity contribution in [2.24, 2.45) is 23.7 Å². The number of esters is 1. The molecule has 0 spiro atoms. The number of aliphatic hydroxyl groups excluding tert-OH is 1. The third kappa shape index (κ3) is 11.1. The van der Waals surface area contributed by atoms with Crippen LogP contribution in [-0.2, 0) is 33.8 Å². The summed E-state index contributed by atoms with van der Waals surface area (Å²) >= 11 is 0. The number of aliphatic hydroxyl groups is 1. The highest BCUT2D eigenvalue weighted by atomic mass is 16.5. The molecule has 10 nitrogen and oxygen atoms in total. The van der Waals surface area contributed by atoms with Gasteiger partial charge in [-0.25, -0.2) is 0 Å². The van der Waals surface area contributed by atoms with Gasteiger partial charge in [0.15, 0.2) is 5.78 Å². The molecule has 254 valence electrons. The van der Waals surface area contributed by atoms with Gasteiger partial charge in [0, 0.05) is 30.1 Å². The molecule has 10 heteroatoms. The number of nitrogens with zero attached hydrogens (tertiary/aromatic N) is 6. The van der Waals surface area contributed by atoms with Gasteiger partial charge in [0.2, 0.25) is 0 Å². The van der Waals surface area contributed by atoms with Gasteiger partial charge in [-0.15, -0.1) is 10.2 Å². The van der Waals surface area contributed by atoms with Crippen LogP contribution >= 0.6 is 0 Å². The number of carbonyl (C=O) groups is 2. The topological polar surface area (TPSA) is 125 Å². The Morgan fingerprint density at radius 2 is 1.74 bits per heavy atom. The molecule has 0 saturated heterocycles. The molecule has 1 aliphatic rings. The van der Waals surface area contributed by atoms with Gasteiger partial charge >= 0.3 is 5.97 Å². The molecule has 4 rings (SSSR count). The first kappa shape index (κ1) is 35.9. The number of carbonyl (C=O) groups excluding carboxylic acids is 2. The molecule has 0 fully saturated rings. The minimum absolute atomic E-state index is 0.0713. The van der Waals surface area contributed by atoms with Gasteiger partial charge in [0.1, 0.15) is 11.8 Å². The highest BCUT2D eigenvalue weighted by Gasteiger charge is 2.28. The van der Waals surface area contributed by atoms with E-state index in [4.69, 9.17) is 4.74 Å². The predicted molar refractivity (Wildman–Crippen MR) is 182 cm³/mol. The molecule has 1 N–H and O–H groups in total. The summed E-state index contributed by atoms with van der Waals surface area (Å²) in [6.07, 6.45) is 13.8. The molecular formula is C37H52N6O4. The summed E-state index contributed by atoms with van der Waals surface area (Å²) < 4.78 is 9.67. The first-order valence-electron chi connectivity index (χ1n) is 17.3. The number of rotatable bonds is 10. The molecule has 6 atom stereocenters. The Labute approximate surface area is 279 Å². The Kier molecular flexibility index (Phi) is 13.6. The van der Waals surface area contributed by atoms with E-state index in [-0.39, 0.29) is 35.9 Å². The Hall–Kier alpha value is -3.92. The van der Waals surface area contributed by atoms with Crippen LogP contribution in [0.25, 0.3) is 11.3 Å². The van der Waals surface area contributed by atoms with Gasteiger partial charge in [-0.3, -0.25) is 19.0 Å². The monoisotopic (exact) mass is 644 g/mol. The minimum Gasteiger partial charge on any atom is -0.462 e. The van der Waals surface area contributed by atoms with Crippen molar-refractivity contribution in [2.75, 3.05) is 0 Å². The van der Waals surface area contributed by atoms with E-state index >= 15 is 0 Å². The third-order valence-electron chi connectivity index (χ3n) is 9.21. The van der Waals surface area contributed by atoms with E-state index in [0.717, 1.165) is 48.2 Å². The second-order valence-corrected chi connectivity index (χ2v) is 13.3. The van der Waals surface area contributed by atoms with Gasteiger partial charge in [0.25, 0.3) is 0 Å². The number of ether oxygens (including phenoxy) is 1. The molecule has 0 unspecified atom stereocenters. The number of hydrogen-bond acceptors (Lipinski definition) is 8. The fourth-order valence-electron chi connectivity index (χ4n) is 6.32. The van der Waals surface area contributed by atoms with Gasteiger partial charge in [0.05, 0.1) is 31.0 Å². The van der Waals surface area contributed by atoms with E-state index in [1.54, 1.807) is 6.08 Å². The summed E-state index contributed by atoms with van der Waals surface area (Å²) in [5.41, 5.74) is 3.68. The number of allylic oxidation sites excluding steroid dienone is 3. The lowest BCUT2D eigenvalue weighted by Gasteiger charge is -2.28. The second kappa shape index (κ2) is 17.8. The van der Waals surface area contributed by atoms with Crippen LogP contribution < -0.4 is 0 Å². The molecule has 3 aromatic rings. The van der Waals surface area contributed by atoms with Crippen molar-refractivity contribution in [2.45, 2.75) is 111 Å². The van der Waals surface area contributed by atoms with Gasteiger partial charge in [-0.1, -0.05) is 92.6 Å². The van der Waals surface area contributed by atoms with Crippen molar-refractivity contribution in [3.8, 4) is 11.3 Å². The lowest BCUT2D eigenvalue weighted by Crippen LogP contribution is -2.32. The average Bonchev–Trinajstić information content (AvgIpc) is 3.73. The van der Waals surface area contributed by atoms with E-state index in [1.165, 1.54) is 0 Å². The van der Waals surface area contributed by atoms with Crippen LogP contribution in [0.2, 0.25) is 0 Å². The molecule has 3 heterocycles. The van der Waals surface area contributed by atoms with Crippen molar-refractivity contribution in [3.05, 3.63) is 72.2 Å². The number of cyclic esters (lactones) is 1. The largest absolute Gasteiger partial charge is 0.462 e. The van der Waals surface area contributed by atoms with Crippen molar-refractivity contribution >= 4 is 11.8 Å². The first-order chi connectivity index (χ1) is 22.6. The molecule has 1 aliphatic heterocycles. The molecule has 0 aliphatic carbocycles. The normalized spacial score (nSPS) is 26.8. The number of benzene rings is 1. The Morgan fingerprint density at radius 1 is 0.979 bits per heavy atom. The predicted octanol–water partition coefficient (Wildman–Crippen LogP) is 6.41. The highest BCUT2D eigenvalue weighted by molar-refractivity contribution is 5.91. The smallest absolute Gasteiger partial charge is 0.308 e. The van der Waals surface area contributed by atoms with E-state index in [0.29, 0.717) is 32.4 Å². The zero-order chi connectivity index (χ0) is 33.8. The van der Waals surface area contributed by atoms with Crippen molar-refractivity contribution in [1.82, 2.24) is 30.0 Å². The Morgan fingerprint density at radius 3 is 2.49 bits per heavy atom. The summed E-state index contributed by atoms with van der Waals surface area (Å²) in [5.74, 6) is -0.751. The summed E-state index contributed by atoms with van der Waals surface area (Å²) in [6, 6.07) is 9.93. The number of hydrogen-bond donors (Lipinski definition) is 1. The maximum Gasteiger partial charge on any atom is 0.308 e. The average molecular weight is 645 g/mol.